The molecule has 0 atom stereocenters. The van der Waals surface area contributed by atoms with Crippen molar-refractivity contribution in [1.82, 2.24) is 14.9 Å². The molecular weight excluding hydrogens is 525 g/mol. The summed E-state index contributed by atoms with van der Waals surface area (Å²) in [7, 11) is 5.70. The van der Waals surface area contributed by atoms with E-state index < -0.39 is 17.6 Å². The lowest BCUT2D eigenvalue weighted by molar-refractivity contribution is -0.137. The number of halogens is 3. The monoisotopic (exact) mass is 554 g/mol. The number of hydrogen-bond acceptors (Lipinski definition) is 7. The molecule has 1 aromatic heterocycles. The number of alkyl halides is 3. The lowest BCUT2D eigenvalue weighted by Crippen LogP contribution is -2.25. The maximum atomic E-state index is 13.5. The van der Waals surface area contributed by atoms with Crippen molar-refractivity contribution in [3.05, 3.63) is 71.4 Å². The zero-order chi connectivity index (χ0) is 28.3. The number of anilines is 3. The molecule has 0 spiro atoms. The van der Waals surface area contributed by atoms with Gasteiger partial charge in [-0.25, -0.2) is 9.97 Å². The normalized spacial score (nSPS) is 13.9. The molecule has 2 aromatic carbocycles. The molecule has 1 aliphatic rings. The second-order valence-electron chi connectivity index (χ2n) is 9.68. The maximum Gasteiger partial charge on any atom is 0.416 e. The van der Waals surface area contributed by atoms with Crippen LogP contribution in [0, 0.1) is 0 Å². The molecule has 3 N–H and O–H groups in total. The predicted octanol–water partition coefficient (Wildman–Crippen LogP) is 5.34. The van der Waals surface area contributed by atoms with E-state index in [0.717, 1.165) is 41.6 Å². The van der Waals surface area contributed by atoms with Crippen molar-refractivity contribution in [3.63, 3.8) is 0 Å². The predicted molar refractivity (Wildman–Crippen MR) is 154 cm³/mol. The summed E-state index contributed by atoms with van der Waals surface area (Å²) in [6, 6.07) is 8.94. The van der Waals surface area contributed by atoms with E-state index in [1.54, 1.807) is 25.4 Å². The van der Waals surface area contributed by atoms with Crippen molar-refractivity contribution in [2.75, 3.05) is 50.2 Å². The molecule has 0 unspecified atom stereocenters. The van der Waals surface area contributed by atoms with Crippen molar-refractivity contribution in [3.8, 4) is 0 Å². The van der Waals surface area contributed by atoms with Crippen LogP contribution in [0.3, 0.4) is 0 Å². The fraction of sp³-hybridized carbons (Fsp3) is 0.286. The smallest absolute Gasteiger partial charge is 0.373 e. The quantitative estimate of drug-likeness (QED) is 0.364. The molecule has 0 saturated heterocycles. The molecule has 0 fully saturated rings. The van der Waals surface area contributed by atoms with Crippen LogP contribution in [-0.2, 0) is 11.0 Å². The first-order chi connectivity index (χ1) is 18.4. The number of nitrogens with zero attached hydrogens (tertiary/aromatic N) is 4. The fourth-order valence-electron chi connectivity index (χ4n) is 4.34. The number of benzene rings is 2. The molecule has 3 aromatic rings. The minimum absolute atomic E-state index is 0.0787. The summed E-state index contributed by atoms with van der Waals surface area (Å²) in [4.78, 5) is 26.0. The van der Waals surface area contributed by atoms with Gasteiger partial charge < -0.3 is 20.9 Å². The third-order valence-corrected chi connectivity index (χ3v) is 6.59. The zero-order valence-corrected chi connectivity index (χ0v) is 22.7. The van der Waals surface area contributed by atoms with Crippen molar-refractivity contribution < 1.29 is 18.0 Å². The molecule has 0 bridgehead atoms. The summed E-state index contributed by atoms with van der Waals surface area (Å²) in [5, 5.41) is 3.48. The van der Waals surface area contributed by atoms with Crippen LogP contribution in [0.5, 0.6) is 0 Å². The highest BCUT2D eigenvalue weighted by atomic mass is 32.1. The second kappa shape index (κ2) is 11.5. The van der Waals surface area contributed by atoms with Crippen LogP contribution in [0.2, 0.25) is 0 Å². The Morgan fingerprint density at radius 1 is 1.10 bits per heavy atom. The SMILES string of the molecule is CN(C)CCCN(C)c1ccc(C(F)(F)F)cc1NC(=O)C1=CC(=S)CC(c2ccc3nc(N)ncc3c2)=C1. The van der Waals surface area contributed by atoms with Gasteiger partial charge >= 0.3 is 6.18 Å². The number of nitrogens with two attached hydrogens (primary N) is 1. The number of nitrogen functional groups attached to an aromatic ring is 1. The Morgan fingerprint density at radius 3 is 2.59 bits per heavy atom. The van der Waals surface area contributed by atoms with Crippen molar-refractivity contribution in [1.29, 1.82) is 0 Å². The molecule has 11 heteroatoms. The van der Waals surface area contributed by atoms with E-state index in [4.69, 9.17) is 18.0 Å². The van der Waals surface area contributed by atoms with Gasteiger partial charge in [0.1, 0.15) is 0 Å². The van der Waals surface area contributed by atoms with Crippen molar-refractivity contribution in [2.45, 2.75) is 19.0 Å². The van der Waals surface area contributed by atoms with Crippen molar-refractivity contribution in [2.24, 2.45) is 0 Å². The van der Waals surface area contributed by atoms with Crippen LogP contribution in [0.25, 0.3) is 16.5 Å². The van der Waals surface area contributed by atoms with Gasteiger partial charge in [-0.1, -0.05) is 18.3 Å². The third-order valence-electron chi connectivity index (χ3n) is 6.32. The van der Waals surface area contributed by atoms with Crippen LogP contribution in [-0.4, -0.2) is 59.9 Å². The third kappa shape index (κ3) is 6.98. The van der Waals surface area contributed by atoms with Gasteiger partial charge in [-0.2, -0.15) is 13.2 Å². The molecule has 1 heterocycles. The summed E-state index contributed by atoms with van der Waals surface area (Å²) in [5.41, 5.74) is 7.97. The largest absolute Gasteiger partial charge is 0.416 e. The first-order valence-electron chi connectivity index (χ1n) is 12.3. The number of carbonyl (C=O) groups excluding carboxylic acids is 1. The average molecular weight is 555 g/mol. The van der Waals surface area contributed by atoms with Gasteiger partial charge in [0.15, 0.2) is 0 Å². The van der Waals surface area contributed by atoms with Gasteiger partial charge in [0.2, 0.25) is 5.95 Å². The van der Waals surface area contributed by atoms with Crippen LogP contribution in [0.4, 0.5) is 30.5 Å². The number of carbonyl (C=O) groups is 1. The van der Waals surface area contributed by atoms with Crippen molar-refractivity contribution >= 4 is 56.8 Å². The van der Waals surface area contributed by atoms with Gasteiger partial charge in [-0.05, 0) is 80.7 Å². The maximum absolute atomic E-state index is 13.5. The Hall–Kier alpha value is -3.83. The zero-order valence-electron chi connectivity index (χ0n) is 21.8. The lowest BCUT2D eigenvalue weighted by atomic mass is 9.92. The lowest BCUT2D eigenvalue weighted by Gasteiger charge is -2.25. The van der Waals surface area contributed by atoms with E-state index in [9.17, 15) is 18.0 Å². The molecule has 204 valence electrons. The Morgan fingerprint density at radius 2 is 1.87 bits per heavy atom. The molecule has 1 amide bonds. The minimum Gasteiger partial charge on any atom is -0.373 e. The highest BCUT2D eigenvalue weighted by Gasteiger charge is 2.31. The number of nitrogens with one attached hydrogen (secondary N) is 1. The fourth-order valence-corrected chi connectivity index (χ4v) is 4.62. The van der Waals surface area contributed by atoms with Gasteiger partial charge in [-0.15, -0.1) is 0 Å². The number of rotatable bonds is 8. The molecule has 7 nitrogen and oxygen atoms in total. The topological polar surface area (TPSA) is 87.4 Å². The van der Waals surface area contributed by atoms with Crippen LogP contribution >= 0.6 is 12.2 Å². The summed E-state index contributed by atoms with van der Waals surface area (Å²) in [6.45, 7) is 1.42. The molecule has 0 saturated carbocycles. The van der Waals surface area contributed by atoms with E-state index in [-0.39, 0.29) is 17.2 Å². The van der Waals surface area contributed by atoms with Crippen LogP contribution in [0.15, 0.2) is 60.3 Å². The van der Waals surface area contributed by atoms with Crippen LogP contribution in [0.1, 0.15) is 24.0 Å². The van der Waals surface area contributed by atoms with E-state index in [1.807, 2.05) is 42.1 Å². The minimum atomic E-state index is -4.55. The Bertz CT molecular complexity index is 1480. The first kappa shape index (κ1) is 28.2. The molecular formula is C28H29F3N6OS. The van der Waals surface area contributed by atoms with Gasteiger partial charge in [-0.3, -0.25) is 4.79 Å². The number of hydrogen-bond donors (Lipinski definition) is 2. The highest BCUT2D eigenvalue weighted by Crippen LogP contribution is 2.36. The Kier molecular flexibility index (Phi) is 8.31. The Balaban J connectivity index is 1.62. The summed E-state index contributed by atoms with van der Waals surface area (Å²) < 4.78 is 40.6. The number of thiocarbonyl (C=S) groups is 1. The summed E-state index contributed by atoms with van der Waals surface area (Å²) >= 11 is 5.46. The van der Waals surface area contributed by atoms with E-state index >= 15 is 0 Å². The van der Waals surface area contributed by atoms with Gasteiger partial charge in [0.25, 0.3) is 5.91 Å². The average Bonchev–Trinajstić information content (AvgIpc) is 2.87. The van der Waals surface area contributed by atoms with E-state index in [1.165, 1.54) is 6.07 Å². The molecule has 0 radical (unpaired) electrons. The first-order valence-corrected chi connectivity index (χ1v) is 12.7. The molecule has 4 rings (SSSR count). The van der Waals surface area contributed by atoms with E-state index in [2.05, 4.69) is 15.3 Å². The number of amides is 1. The molecule has 39 heavy (non-hydrogen) atoms. The van der Waals surface area contributed by atoms with E-state index in [0.29, 0.717) is 29.0 Å². The van der Waals surface area contributed by atoms with Gasteiger partial charge in [0.05, 0.1) is 22.5 Å². The second-order valence-corrected chi connectivity index (χ2v) is 10.2. The Labute approximate surface area is 230 Å². The van der Waals surface area contributed by atoms with Gasteiger partial charge in [0, 0.05) is 42.0 Å². The number of allylic oxidation sites excluding steroid dienone is 2. The summed E-state index contributed by atoms with van der Waals surface area (Å²) in [6.07, 6.45) is 1.59. The summed E-state index contributed by atoms with van der Waals surface area (Å²) in [5.74, 6) is -0.374. The number of aromatic nitrogens is 2. The highest BCUT2D eigenvalue weighted by molar-refractivity contribution is 7.80. The molecule has 0 aliphatic heterocycles. The molecule has 1 aliphatic carbocycles. The standard InChI is InChI=1S/C28H29F3N6OS/c1-36(2)9-4-10-37(3)25-8-6-21(28(29,30)31)15-24(25)34-26(38)19-12-18(13-22(39)14-19)17-5-7-23-20(11-17)16-33-27(32)35-23/h5-8,11-12,14-16H,4,9-10,13H2,1-3H3,(H,34,38)(H2,32,33,35). The number of fused-ring (bicyclic) bond motifs is 1. The van der Waals surface area contributed by atoms with Crippen LogP contribution < -0.4 is 16.0 Å².